The molecule has 2 heterocycles. The zero-order valence-electron chi connectivity index (χ0n) is 20.0. The van der Waals surface area contributed by atoms with Crippen molar-refractivity contribution in [1.29, 1.82) is 0 Å². The summed E-state index contributed by atoms with van der Waals surface area (Å²) in [5, 5.41) is 17.6. The molecule has 184 valence electrons. The molecule has 7 nitrogen and oxygen atoms in total. The Balaban J connectivity index is 1.44. The molecule has 0 amide bonds. The first-order valence-corrected chi connectivity index (χ1v) is 13.2. The van der Waals surface area contributed by atoms with Gasteiger partial charge < -0.3 is 4.42 Å². The van der Waals surface area contributed by atoms with Gasteiger partial charge in [0.15, 0.2) is 5.76 Å². The van der Waals surface area contributed by atoms with Crippen LogP contribution in [-0.2, 0) is 6.42 Å². The summed E-state index contributed by atoms with van der Waals surface area (Å²) in [7, 11) is 0. The first kappa shape index (κ1) is 23.9. The molecule has 0 N–H and O–H groups in total. The number of nitrogens with zero attached hydrogens (tertiary/aromatic N) is 4. The van der Waals surface area contributed by atoms with Crippen molar-refractivity contribution in [3.8, 4) is 11.3 Å². The molecule has 1 fully saturated rings. The summed E-state index contributed by atoms with van der Waals surface area (Å²) < 4.78 is 7.05. The van der Waals surface area contributed by atoms with Gasteiger partial charge in [0.25, 0.3) is 0 Å². The predicted molar refractivity (Wildman–Crippen MR) is 143 cm³/mol. The first-order valence-electron chi connectivity index (χ1n) is 12.3. The van der Waals surface area contributed by atoms with Crippen molar-refractivity contribution in [2.24, 2.45) is 10.1 Å². The molecular weight excluding hydrogens is 472 g/mol. The van der Waals surface area contributed by atoms with Crippen molar-refractivity contribution in [1.82, 2.24) is 4.68 Å². The van der Waals surface area contributed by atoms with Crippen LogP contribution in [0.2, 0.25) is 0 Å². The van der Waals surface area contributed by atoms with Crippen LogP contribution in [0.4, 0.5) is 5.88 Å². The largest absolute Gasteiger partial charge is 0.433 e. The maximum Gasteiger partial charge on any atom is 0.433 e. The fraction of sp³-hybridized carbons (Fsp3) is 0.286. The molecule has 5 rings (SSSR count). The molecule has 1 aliphatic carbocycles. The van der Waals surface area contributed by atoms with Crippen LogP contribution in [0.3, 0.4) is 0 Å². The summed E-state index contributed by atoms with van der Waals surface area (Å²) in [6, 6.07) is 21.9. The number of thiazole rings is 1. The predicted octanol–water partition coefficient (Wildman–Crippen LogP) is 6.79. The number of aromatic nitrogens is 1. The van der Waals surface area contributed by atoms with Gasteiger partial charge in [-0.1, -0.05) is 73.9 Å². The van der Waals surface area contributed by atoms with Gasteiger partial charge >= 0.3 is 5.88 Å². The van der Waals surface area contributed by atoms with Crippen molar-refractivity contribution in [2.75, 3.05) is 6.54 Å². The van der Waals surface area contributed by atoms with Crippen LogP contribution in [0.15, 0.2) is 86.6 Å². The molecule has 0 atom stereocenters. The molecule has 2 aromatic carbocycles. The molecule has 1 saturated carbocycles. The molecule has 0 spiro atoms. The molecule has 8 heteroatoms. The van der Waals surface area contributed by atoms with Crippen molar-refractivity contribution < 1.29 is 9.34 Å². The lowest BCUT2D eigenvalue weighted by Crippen LogP contribution is -2.13. The minimum absolute atomic E-state index is 0.307. The molecule has 0 saturated heterocycles. The smallest absolute Gasteiger partial charge is 0.400 e. The summed E-state index contributed by atoms with van der Waals surface area (Å²) in [6.45, 7) is 0.631. The van der Waals surface area contributed by atoms with Gasteiger partial charge in [0, 0.05) is 17.5 Å². The number of nitro groups is 1. The third-order valence-electron chi connectivity index (χ3n) is 6.55. The normalized spacial score (nSPS) is 15.1. The van der Waals surface area contributed by atoms with Crippen LogP contribution in [0.5, 0.6) is 0 Å². The molecule has 4 aromatic rings. The second-order valence-electron chi connectivity index (χ2n) is 8.97. The average molecular weight is 501 g/mol. The number of hydrogen-bond acceptors (Lipinski definition) is 6. The zero-order valence-corrected chi connectivity index (χ0v) is 20.8. The van der Waals surface area contributed by atoms with Crippen molar-refractivity contribution in [3.05, 3.63) is 104 Å². The van der Waals surface area contributed by atoms with Gasteiger partial charge in [-0.15, -0.1) is 11.3 Å². The highest BCUT2D eigenvalue weighted by molar-refractivity contribution is 7.07. The van der Waals surface area contributed by atoms with Gasteiger partial charge in [-0.3, -0.25) is 15.1 Å². The maximum absolute atomic E-state index is 11.0. The van der Waals surface area contributed by atoms with Gasteiger partial charge in [-0.25, -0.2) is 4.68 Å². The van der Waals surface area contributed by atoms with Crippen LogP contribution in [0.25, 0.3) is 11.3 Å². The lowest BCUT2D eigenvalue weighted by atomic mass is 9.84. The summed E-state index contributed by atoms with van der Waals surface area (Å²) in [6.07, 6.45) is 8.82. The lowest BCUT2D eigenvalue weighted by molar-refractivity contribution is -0.402. The highest BCUT2D eigenvalue weighted by Crippen LogP contribution is 2.33. The van der Waals surface area contributed by atoms with E-state index in [0.717, 1.165) is 22.5 Å². The fourth-order valence-electron chi connectivity index (χ4n) is 4.63. The molecule has 0 aliphatic heterocycles. The second kappa shape index (κ2) is 11.3. The highest BCUT2D eigenvalue weighted by atomic mass is 32.1. The third-order valence-corrected chi connectivity index (χ3v) is 7.41. The van der Waals surface area contributed by atoms with Crippen LogP contribution in [-0.4, -0.2) is 22.4 Å². The van der Waals surface area contributed by atoms with E-state index in [0.29, 0.717) is 18.2 Å². The van der Waals surface area contributed by atoms with Crippen LogP contribution in [0, 0.1) is 10.1 Å². The Morgan fingerprint density at radius 3 is 2.53 bits per heavy atom. The number of benzene rings is 2. The number of rotatable bonds is 8. The number of furan rings is 1. The van der Waals surface area contributed by atoms with Gasteiger partial charge in [0.05, 0.1) is 18.0 Å². The summed E-state index contributed by atoms with van der Waals surface area (Å²) in [4.78, 5) is 16.0. The second-order valence-corrected chi connectivity index (χ2v) is 9.80. The van der Waals surface area contributed by atoms with E-state index in [2.05, 4.69) is 46.9 Å². The molecule has 0 radical (unpaired) electrons. The quantitative estimate of drug-likeness (QED) is 0.152. The molecule has 1 aliphatic rings. The SMILES string of the molecule is O=[N+]([O-])c1ccc(C=Nn2c(-c3ccc(C4CCCCC4)cc3)csc2=NCCc2ccccc2)o1. The maximum atomic E-state index is 11.0. The van der Waals surface area contributed by atoms with Crippen LogP contribution in [0.1, 0.15) is 54.9 Å². The minimum Gasteiger partial charge on any atom is -0.400 e. The average Bonchev–Trinajstić information content (AvgIpc) is 3.56. The fourth-order valence-corrected chi connectivity index (χ4v) is 5.49. The van der Waals surface area contributed by atoms with E-state index in [1.807, 2.05) is 18.2 Å². The van der Waals surface area contributed by atoms with E-state index in [4.69, 9.17) is 9.41 Å². The Bertz CT molecular complexity index is 1390. The van der Waals surface area contributed by atoms with Crippen molar-refractivity contribution >= 4 is 23.4 Å². The van der Waals surface area contributed by atoms with E-state index in [9.17, 15) is 10.1 Å². The Morgan fingerprint density at radius 2 is 1.81 bits per heavy atom. The highest BCUT2D eigenvalue weighted by Gasteiger charge is 2.16. The van der Waals surface area contributed by atoms with Crippen LogP contribution >= 0.6 is 11.3 Å². The summed E-state index contributed by atoms with van der Waals surface area (Å²) in [5.74, 6) is 0.658. The van der Waals surface area contributed by atoms with Gasteiger partial charge in [0.1, 0.15) is 4.92 Å². The topological polar surface area (TPSA) is 85.9 Å². The van der Waals surface area contributed by atoms with Gasteiger partial charge in [-0.05, 0) is 42.4 Å². The van der Waals surface area contributed by atoms with E-state index < -0.39 is 4.92 Å². The lowest BCUT2D eigenvalue weighted by Gasteiger charge is -2.22. The summed E-state index contributed by atoms with van der Waals surface area (Å²) >= 11 is 1.53. The van der Waals surface area contributed by atoms with E-state index in [1.54, 1.807) is 10.7 Å². The molecule has 36 heavy (non-hydrogen) atoms. The number of hydrogen-bond donors (Lipinski definition) is 0. The monoisotopic (exact) mass is 500 g/mol. The Hall–Kier alpha value is -3.78. The Labute approximate surface area is 213 Å². The van der Waals surface area contributed by atoms with E-state index in [1.165, 1.54) is 66.8 Å². The Kier molecular flexibility index (Phi) is 7.52. The Morgan fingerprint density at radius 1 is 1.03 bits per heavy atom. The van der Waals surface area contributed by atoms with Gasteiger partial charge in [0.2, 0.25) is 4.80 Å². The van der Waals surface area contributed by atoms with Crippen molar-refractivity contribution in [3.63, 3.8) is 0 Å². The molecule has 0 bridgehead atoms. The van der Waals surface area contributed by atoms with Crippen molar-refractivity contribution in [2.45, 2.75) is 44.4 Å². The standard InChI is InChI=1S/C28H28N4O3S/c33-32(34)27-16-15-25(35-27)19-30-31-26(20-36-28(31)29-18-17-21-7-3-1-4-8-21)24-13-11-23(12-14-24)22-9-5-2-6-10-22/h1,3-4,7-8,11-16,19-20,22H,2,5-6,9-10,17-18H2. The van der Waals surface area contributed by atoms with E-state index in [-0.39, 0.29) is 5.88 Å². The third kappa shape index (κ3) is 5.71. The van der Waals surface area contributed by atoms with E-state index >= 15 is 0 Å². The zero-order chi connectivity index (χ0) is 24.7. The first-order chi connectivity index (χ1) is 17.7. The van der Waals surface area contributed by atoms with Crippen LogP contribution < -0.4 is 4.80 Å². The minimum atomic E-state index is -0.557. The molecular formula is C28H28N4O3S. The molecule has 0 unspecified atom stereocenters. The summed E-state index contributed by atoms with van der Waals surface area (Å²) in [5.41, 5.74) is 4.61. The molecule has 2 aromatic heterocycles. The van der Waals surface area contributed by atoms with Gasteiger partial charge in [-0.2, -0.15) is 5.10 Å².